The SMILES string of the molecule is C1=CC2CC2c2c1c1nccnc1c1ccccc21. The van der Waals surface area contributed by atoms with Gasteiger partial charge >= 0.3 is 0 Å². The summed E-state index contributed by atoms with van der Waals surface area (Å²) >= 11 is 0. The van der Waals surface area contributed by atoms with Gasteiger partial charge in [0.25, 0.3) is 0 Å². The number of allylic oxidation sites excluding steroid dienone is 1. The van der Waals surface area contributed by atoms with E-state index in [-0.39, 0.29) is 0 Å². The molecule has 19 heavy (non-hydrogen) atoms. The Morgan fingerprint density at radius 3 is 2.63 bits per heavy atom. The zero-order valence-electron chi connectivity index (χ0n) is 10.4. The number of rotatable bonds is 0. The molecule has 1 aromatic heterocycles. The van der Waals surface area contributed by atoms with Crippen LogP contribution in [-0.4, -0.2) is 9.97 Å². The van der Waals surface area contributed by atoms with Crippen LogP contribution >= 0.6 is 0 Å². The summed E-state index contributed by atoms with van der Waals surface area (Å²) in [7, 11) is 0. The van der Waals surface area contributed by atoms with Crippen molar-refractivity contribution in [3.8, 4) is 0 Å². The lowest BCUT2D eigenvalue weighted by molar-refractivity contribution is 1.01. The molecule has 0 aliphatic heterocycles. The molecule has 1 fully saturated rings. The minimum atomic E-state index is 0.705. The first-order valence-electron chi connectivity index (χ1n) is 6.77. The number of fused-ring (bicyclic) bond motifs is 8. The fourth-order valence-corrected chi connectivity index (χ4v) is 3.48. The minimum absolute atomic E-state index is 0.705. The second-order valence-corrected chi connectivity index (χ2v) is 5.49. The highest BCUT2D eigenvalue weighted by molar-refractivity contribution is 6.10. The Kier molecular flexibility index (Phi) is 1.63. The van der Waals surface area contributed by atoms with E-state index in [1.807, 2.05) is 0 Å². The molecule has 0 amide bonds. The summed E-state index contributed by atoms with van der Waals surface area (Å²) in [4.78, 5) is 9.14. The Hall–Kier alpha value is -2.22. The number of benzene rings is 2. The third kappa shape index (κ3) is 1.16. The lowest BCUT2D eigenvalue weighted by atomic mass is 9.90. The fraction of sp³-hybridized carbons (Fsp3) is 0.176. The molecule has 0 saturated heterocycles. The van der Waals surface area contributed by atoms with Crippen molar-refractivity contribution in [2.45, 2.75) is 12.3 Å². The third-order valence-corrected chi connectivity index (χ3v) is 4.44. The van der Waals surface area contributed by atoms with Crippen molar-refractivity contribution >= 4 is 27.9 Å². The van der Waals surface area contributed by atoms with Crippen LogP contribution in [-0.2, 0) is 0 Å². The average molecular weight is 244 g/mol. The highest BCUT2D eigenvalue weighted by atomic mass is 14.8. The van der Waals surface area contributed by atoms with E-state index in [1.165, 1.54) is 28.3 Å². The molecule has 2 atom stereocenters. The molecule has 90 valence electrons. The van der Waals surface area contributed by atoms with Gasteiger partial charge in [0.15, 0.2) is 0 Å². The van der Waals surface area contributed by atoms with Crippen LogP contribution in [0.5, 0.6) is 0 Å². The zero-order valence-corrected chi connectivity index (χ0v) is 10.4. The maximum absolute atomic E-state index is 4.58. The molecule has 2 aliphatic rings. The second kappa shape index (κ2) is 3.21. The summed E-state index contributed by atoms with van der Waals surface area (Å²) < 4.78 is 0. The summed E-state index contributed by atoms with van der Waals surface area (Å²) in [6, 6.07) is 8.62. The predicted octanol–water partition coefficient (Wildman–Crippen LogP) is 3.91. The van der Waals surface area contributed by atoms with Crippen LogP contribution in [0.15, 0.2) is 42.7 Å². The molecule has 2 nitrogen and oxygen atoms in total. The predicted molar refractivity (Wildman–Crippen MR) is 76.9 cm³/mol. The van der Waals surface area contributed by atoms with E-state index >= 15 is 0 Å². The Morgan fingerprint density at radius 2 is 1.74 bits per heavy atom. The van der Waals surface area contributed by atoms with E-state index in [0.717, 1.165) is 17.0 Å². The summed E-state index contributed by atoms with van der Waals surface area (Å²) in [5, 5.41) is 2.60. The summed E-state index contributed by atoms with van der Waals surface area (Å²) in [6.07, 6.45) is 9.47. The Labute approximate surface area is 110 Å². The van der Waals surface area contributed by atoms with Crippen LogP contribution in [0.25, 0.3) is 27.9 Å². The van der Waals surface area contributed by atoms with Crippen molar-refractivity contribution in [1.29, 1.82) is 0 Å². The van der Waals surface area contributed by atoms with Gasteiger partial charge in [0.2, 0.25) is 0 Å². The second-order valence-electron chi connectivity index (χ2n) is 5.49. The third-order valence-electron chi connectivity index (χ3n) is 4.44. The summed E-state index contributed by atoms with van der Waals surface area (Å²) in [6.45, 7) is 0. The Balaban J connectivity index is 2.10. The van der Waals surface area contributed by atoms with Crippen LogP contribution in [0.1, 0.15) is 23.5 Å². The van der Waals surface area contributed by atoms with Crippen molar-refractivity contribution in [3.63, 3.8) is 0 Å². The van der Waals surface area contributed by atoms with Crippen molar-refractivity contribution in [2.75, 3.05) is 0 Å². The molecular formula is C17H12N2. The number of nitrogens with zero attached hydrogens (tertiary/aromatic N) is 2. The quantitative estimate of drug-likeness (QED) is 0.560. The van der Waals surface area contributed by atoms with Crippen molar-refractivity contribution in [1.82, 2.24) is 9.97 Å². The van der Waals surface area contributed by atoms with Gasteiger partial charge in [0.1, 0.15) is 0 Å². The van der Waals surface area contributed by atoms with Crippen LogP contribution < -0.4 is 0 Å². The van der Waals surface area contributed by atoms with Gasteiger partial charge in [-0.25, -0.2) is 0 Å². The van der Waals surface area contributed by atoms with Gasteiger partial charge in [-0.05, 0) is 29.2 Å². The van der Waals surface area contributed by atoms with E-state index in [2.05, 4.69) is 46.4 Å². The summed E-state index contributed by atoms with van der Waals surface area (Å²) in [5.41, 5.74) is 4.87. The molecule has 2 aromatic carbocycles. The molecule has 2 aliphatic carbocycles. The highest BCUT2D eigenvalue weighted by Gasteiger charge is 2.41. The van der Waals surface area contributed by atoms with Crippen LogP contribution in [0, 0.1) is 5.92 Å². The molecule has 1 heterocycles. The molecule has 2 heteroatoms. The maximum atomic E-state index is 4.58. The van der Waals surface area contributed by atoms with Crippen molar-refractivity contribution in [3.05, 3.63) is 53.9 Å². The standard InChI is InChI=1S/C17H12N2/c1-2-4-12-11(3-1)15-13(6-5-10-9-14(10)15)17-16(12)18-7-8-19-17/h1-8,10,14H,9H2. The van der Waals surface area contributed by atoms with Crippen LogP contribution in [0.4, 0.5) is 0 Å². The van der Waals surface area contributed by atoms with Crippen molar-refractivity contribution in [2.24, 2.45) is 5.92 Å². The number of hydrogen-bond acceptors (Lipinski definition) is 2. The summed E-state index contributed by atoms with van der Waals surface area (Å²) in [5.74, 6) is 1.46. The van der Waals surface area contributed by atoms with Gasteiger partial charge in [0.05, 0.1) is 11.0 Å². The first-order valence-corrected chi connectivity index (χ1v) is 6.77. The average Bonchev–Trinajstić information content (AvgIpc) is 3.26. The molecule has 0 radical (unpaired) electrons. The van der Waals surface area contributed by atoms with E-state index in [9.17, 15) is 0 Å². The Morgan fingerprint density at radius 1 is 0.947 bits per heavy atom. The Bertz CT molecular complexity index is 864. The normalized spacial score (nSPS) is 23.4. The lowest BCUT2D eigenvalue weighted by Crippen LogP contribution is -1.99. The van der Waals surface area contributed by atoms with E-state index in [1.54, 1.807) is 12.4 Å². The van der Waals surface area contributed by atoms with Crippen molar-refractivity contribution < 1.29 is 0 Å². The smallest absolute Gasteiger partial charge is 0.0971 e. The van der Waals surface area contributed by atoms with Gasteiger partial charge < -0.3 is 0 Å². The molecule has 0 spiro atoms. The van der Waals surface area contributed by atoms with Gasteiger partial charge in [-0.1, -0.05) is 36.4 Å². The molecular weight excluding hydrogens is 232 g/mol. The molecule has 3 aromatic rings. The topological polar surface area (TPSA) is 25.8 Å². The van der Waals surface area contributed by atoms with Gasteiger partial charge in [-0.2, -0.15) is 0 Å². The largest absolute Gasteiger partial charge is 0.252 e. The van der Waals surface area contributed by atoms with Crippen LogP contribution in [0.2, 0.25) is 0 Å². The molecule has 2 unspecified atom stereocenters. The first-order chi connectivity index (χ1) is 9.43. The van der Waals surface area contributed by atoms with Gasteiger partial charge in [-0.15, -0.1) is 0 Å². The molecule has 5 rings (SSSR count). The molecule has 1 saturated carbocycles. The van der Waals surface area contributed by atoms with Crippen LogP contribution in [0.3, 0.4) is 0 Å². The molecule has 0 N–H and O–H groups in total. The highest BCUT2D eigenvalue weighted by Crippen LogP contribution is 2.55. The van der Waals surface area contributed by atoms with E-state index in [0.29, 0.717) is 5.92 Å². The minimum Gasteiger partial charge on any atom is -0.252 e. The monoisotopic (exact) mass is 244 g/mol. The lowest BCUT2D eigenvalue weighted by Gasteiger charge is -2.16. The fourth-order valence-electron chi connectivity index (χ4n) is 3.48. The van der Waals surface area contributed by atoms with Gasteiger partial charge in [0, 0.05) is 23.3 Å². The number of aromatic nitrogens is 2. The van der Waals surface area contributed by atoms with E-state index < -0.39 is 0 Å². The first kappa shape index (κ1) is 9.68. The number of hydrogen-bond donors (Lipinski definition) is 0. The van der Waals surface area contributed by atoms with E-state index in [4.69, 9.17) is 0 Å². The maximum Gasteiger partial charge on any atom is 0.0971 e. The molecule has 0 bridgehead atoms. The van der Waals surface area contributed by atoms with Gasteiger partial charge in [-0.3, -0.25) is 9.97 Å². The zero-order chi connectivity index (χ0) is 12.4.